The minimum Gasteiger partial charge on any atom is -0.478 e. The zero-order valence-corrected chi connectivity index (χ0v) is 11.1. The number of hydrogen-bond donors (Lipinski definition) is 2. The van der Waals surface area contributed by atoms with E-state index in [1.165, 1.54) is 6.07 Å². The first kappa shape index (κ1) is 13.1. The van der Waals surface area contributed by atoms with Crippen LogP contribution < -0.4 is 5.32 Å². The van der Waals surface area contributed by atoms with Crippen LogP contribution in [0.2, 0.25) is 0 Å². The van der Waals surface area contributed by atoms with E-state index in [1.807, 2.05) is 20.8 Å². The molecule has 0 fully saturated rings. The molecular weight excluding hydrogens is 244 g/mol. The number of carbonyl (C=O) groups is 1. The molecule has 2 heterocycles. The van der Waals surface area contributed by atoms with Crippen LogP contribution in [-0.4, -0.2) is 25.8 Å². The molecular formula is C13H16N4O2. The number of pyridine rings is 1. The molecule has 2 rings (SSSR count). The Morgan fingerprint density at radius 3 is 2.84 bits per heavy atom. The maximum Gasteiger partial charge on any atom is 0.339 e. The van der Waals surface area contributed by atoms with Crippen LogP contribution in [0.25, 0.3) is 0 Å². The summed E-state index contributed by atoms with van der Waals surface area (Å²) in [4.78, 5) is 15.2. The highest BCUT2D eigenvalue weighted by Gasteiger charge is 2.15. The fraction of sp³-hybridized carbons (Fsp3) is 0.308. The van der Waals surface area contributed by atoms with Crippen molar-refractivity contribution in [1.82, 2.24) is 14.8 Å². The zero-order valence-electron chi connectivity index (χ0n) is 11.1. The fourth-order valence-electron chi connectivity index (χ4n) is 1.79. The second-order valence-corrected chi connectivity index (χ2v) is 4.54. The molecule has 0 spiro atoms. The number of anilines is 2. The topological polar surface area (TPSA) is 80.0 Å². The average Bonchev–Trinajstić information content (AvgIpc) is 2.72. The minimum absolute atomic E-state index is 0.137. The highest BCUT2D eigenvalue weighted by molar-refractivity contribution is 5.93. The molecule has 6 heteroatoms. The van der Waals surface area contributed by atoms with Crippen molar-refractivity contribution in [3.05, 3.63) is 35.7 Å². The summed E-state index contributed by atoms with van der Waals surface area (Å²) in [5.41, 5.74) is 1.08. The van der Waals surface area contributed by atoms with E-state index in [-0.39, 0.29) is 11.6 Å². The maximum absolute atomic E-state index is 11.2. The Bertz CT molecular complexity index is 604. The molecule has 0 unspecified atom stereocenters. The van der Waals surface area contributed by atoms with Crippen molar-refractivity contribution in [1.29, 1.82) is 0 Å². The van der Waals surface area contributed by atoms with E-state index in [9.17, 15) is 4.79 Å². The molecule has 0 amide bonds. The van der Waals surface area contributed by atoms with E-state index in [0.717, 1.165) is 11.4 Å². The number of aromatic carboxylic acids is 1. The van der Waals surface area contributed by atoms with Crippen molar-refractivity contribution >= 4 is 17.6 Å². The van der Waals surface area contributed by atoms with Gasteiger partial charge in [0.15, 0.2) is 0 Å². The van der Waals surface area contributed by atoms with Crippen LogP contribution in [0.1, 0.15) is 35.8 Å². The van der Waals surface area contributed by atoms with Crippen molar-refractivity contribution in [3.8, 4) is 0 Å². The van der Waals surface area contributed by atoms with Crippen LogP contribution in [-0.2, 0) is 0 Å². The van der Waals surface area contributed by atoms with Crippen molar-refractivity contribution in [2.45, 2.75) is 26.8 Å². The predicted octanol–water partition coefficient (Wildman–Crippen LogP) is 2.61. The van der Waals surface area contributed by atoms with Gasteiger partial charge in [0.05, 0.1) is 6.20 Å². The standard InChI is InChI=1S/C13H16N4O2/c1-8(2)17-12(9(3)7-15-17)16-11-10(13(18)19)5-4-6-14-11/h4-8H,1-3H3,(H,14,16)(H,18,19). The molecule has 0 aliphatic carbocycles. The van der Waals surface area contributed by atoms with Crippen molar-refractivity contribution in [2.24, 2.45) is 0 Å². The van der Waals surface area contributed by atoms with Crippen molar-refractivity contribution in [2.75, 3.05) is 5.32 Å². The summed E-state index contributed by atoms with van der Waals surface area (Å²) in [6.45, 7) is 5.93. The molecule has 0 aliphatic heterocycles. The van der Waals surface area contributed by atoms with E-state index in [1.54, 1.807) is 23.1 Å². The van der Waals surface area contributed by atoms with Crippen LogP contribution in [0.5, 0.6) is 0 Å². The minimum atomic E-state index is -1.01. The van der Waals surface area contributed by atoms with Gasteiger partial charge in [-0.2, -0.15) is 5.10 Å². The summed E-state index contributed by atoms with van der Waals surface area (Å²) in [6.07, 6.45) is 3.30. The third-order valence-electron chi connectivity index (χ3n) is 2.74. The third-order valence-corrected chi connectivity index (χ3v) is 2.74. The Labute approximate surface area is 111 Å². The van der Waals surface area contributed by atoms with E-state index < -0.39 is 5.97 Å². The van der Waals surface area contributed by atoms with Crippen LogP contribution in [0.3, 0.4) is 0 Å². The zero-order chi connectivity index (χ0) is 14.0. The smallest absolute Gasteiger partial charge is 0.339 e. The second-order valence-electron chi connectivity index (χ2n) is 4.54. The molecule has 100 valence electrons. The highest BCUT2D eigenvalue weighted by atomic mass is 16.4. The van der Waals surface area contributed by atoms with Gasteiger partial charge in [-0.25, -0.2) is 14.5 Å². The van der Waals surface area contributed by atoms with Crippen molar-refractivity contribution < 1.29 is 9.90 Å². The molecule has 0 aliphatic rings. The summed E-state index contributed by atoms with van der Waals surface area (Å²) in [5, 5.41) is 16.5. The van der Waals surface area contributed by atoms with Gasteiger partial charge >= 0.3 is 5.97 Å². The van der Waals surface area contributed by atoms with Crippen molar-refractivity contribution in [3.63, 3.8) is 0 Å². The maximum atomic E-state index is 11.2. The quantitative estimate of drug-likeness (QED) is 0.883. The molecule has 2 aromatic heterocycles. The number of carboxylic acids is 1. The number of nitrogens with zero attached hydrogens (tertiary/aromatic N) is 3. The molecule has 2 N–H and O–H groups in total. The number of aromatic nitrogens is 3. The monoisotopic (exact) mass is 260 g/mol. The van der Waals surface area contributed by atoms with Gasteiger partial charge in [0.25, 0.3) is 0 Å². The van der Waals surface area contributed by atoms with Crippen LogP contribution in [0.15, 0.2) is 24.5 Å². The lowest BCUT2D eigenvalue weighted by Gasteiger charge is -2.14. The molecule has 0 saturated carbocycles. The van der Waals surface area contributed by atoms with Gasteiger partial charge in [-0.05, 0) is 32.9 Å². The van der Waals surface area contributed by atoms with Gasteiger partial charge in [-0.3, -0.25) is 0 Å². The van der Waals surface area contributed by atoms with Gasteiger partial charge < -0.3 is 10.4 Å². The summed E-state index contributed by atoms with van der Waals surface area (Å²) in [6, 6.07) is 3.29. The summed E-state index contributed by atoms with van der Waals surface area (Å²) < 4.78 is 1.80. The Morgan fingerprint density at radius 1 is 1.47 bits per heavy atom. The fourth-order valence-corrected chi connectivity index (χ4v) is 1.79. The molecule has 0 aromatic carbocycles. The Morgan fingerprint density at radius 2 is 2.21 bits per heavy atom. The number of nitrogens with one attached hydrogen (secondary N) is 1. The van der Waals surface area contributed by atoms with Gasteiger partial charge in [0, 0.05) is 17.8 Å². The van der Waals surface area contributed by atoms with E-state index >= 15 is 0 Å². The Hall–Kier alpha value is -2.37. The van der Waals surface area contributed by atoms with Crippen LogP contribution >= 0.6 is 0 Å². The number of rotatable bonds is 4. The third kappa shape index (κ3) is 2.57. The number of hydrogen-bond acceptors (Lipinski definition) is 4. The first-order valence-corrected chi connectivity index (χ1v) is 6.00. The average molecular weight is 260 g/mol. The molecule has 0 bridgehead atoms. The first-order chi connectivity index (χ1) is 9.00. The van der Waals surface area contributed by atoms with E-state index in [2.05, 4.69) is 15.4 Å². The van der Waals surface area contributed by atoms with E-state index in [0.29, 0.717) is 5.82 Å². The van der Waals surface area contributed by atoms with Crippen LogP contribution in [0.4, 0.5) is 11.6 Å². The number of carboxylic acid groups (broad SMARTS) is 1. The Balaban J connectivity index is 2.42. The lowest BCUT2D eigenvalue weighted by atomic mass is 10.2. The second kappa shape index (κ2) is 5.09. The van der Waals surface area contributed by atoms with Gasteiger partial charge in [-0.15, -0.1) is 0 Å². The summed E-state index contributed by atoms with van der Waals surface area (Å²) in [5.74, 6) is 0.0700. The molecule has 0 atom stereocenters. The Kier molecular flexibility index (Phi) is 3.50. The normalized spacial score (nSPS) is 10.7. The highest BCUT2D eigenvalue weighted by Crippen LogP contribution is 2.24. The van der Waals surface area contributed by atoms with Gasteiger partial charge in [-0.1, -0.05) is 0 Å². The molecule has 2 aromatic rings. The lowest BCUT2D eigenvalue weighted by Crippen LogP contribution is -2.11. The van der Waals surface area contributed by atoms with E-state index in [4.69, 9.17) is 5.11 Å². The first-order valence-electron chi connectivity index (χ1n) is 6.00. The number of aryl methyl sites for hydroxylation is 1. The molecule has 0 radical (unpaired) electrons. The summed E-state index contributed by atoms with van der Waals surface area (Å²) >= 11 is 0. The largest absolute Gasteiger partial charge is 0.478 e. The molecule has 0 saturated heterocycles. The molecule has 19 heavy (non-hydrogen) atoms. The SMILES string of the molecule is Cc1cnn(C(C)C)c1Nc1ncccc1C(=O)O. The van der Waals surface area contributed by atoms with Gasteiger partial charge in [0.2, 0.25) is 0 Å². The summed E-state index contributed by atoms with van der Waals surface area (Å²) in [7, 11) is 0. The predicted molar refractivity (Wildman–Crippen MR) is 71.8 cm³/mol. The van der Waals surface area contributed by atoms with Crippen LogP contribution in [0, 0.1) is 6.92 Å². The van der Waals surface area contributed by atoms with Gasteiger partial charge in [0.1, 0.15) is 17.2 Å². The molecule has 6 nitrogen and oxygen atoms in total. The lowest BCUT2D eigenvalue weighted by molar-refractivity contribution is 0.0697.